The molecule has 0 saturated heterocycles. The van der Waals surface area contributed by atoms with Crippen molar-refractivity contribution in [3.8, 4) is 0 Å². The van der Waals surface area contributed by atoms with Crippen molar-refractivity contribution in [2.24, 2.45) is 5.73 Å². The molecule has 1 atom stereocenters. The summed E-state index contributed by atoms with van der Waals surface area (Å²) in [6.45, 7) is -0.487. The van der Waals surface area contributed by atoms with Gasteiger partial charge in [0, 0.05) is 6.54 Å². The van der Waals surface area contributed by atoms with E-state index in [9.17, 15) is 8.42 Å². The predicted molar refractivity (Wildman–Crippen MR) is 27.7 cm³/mol. The maximum atomic E-state index is 9.79. The van der Waals surface area contributed by atoms with Crippen LogP contribution >= 0.6 is 0 Å². The molecule has 0 rings (SSSR count). The van der Waals surface area contributed by atoms with Crippen LogP contribution in [0.5, 0.6) is 0 Å². The predicted octanol–water partition coefficient (Wildman–Crippen LogP) is -4.73. The molecule has 0 aromatic heterocycles. The monoisotopic (exact) mass is 165 g/mol. The van der Waals surface area contributed by atoms with Gasteiger partial charge in [0.2, 0.25) is 0 Å². The Bertz CT molecular complexity index is 159. The summed E-state index contributed by atoms with van der Waals surface area (Å²) in [5, 5.41) is 8.23. The van der Waals surface area contributed by atoms with E-state index in [0.29, 0.717) is 0 Å². The number of rotatable bonds is 2. The molecule has 9 heavy (non-hydrogen) atoms. The van der Waals surface area contributed by atoms with E-state index in [2.05, 4.69) is 5.73 Å². The molecule has 0 aliphatic heterocycles. The van der Waals surface area contributed by atoms with Gasteiger partial charge in [-0.15, -0.1) is 0 Å². The van der Waals surface area contributed by atoms with Crippen molar-refractivity contribution in [3.63, 3.8) is 0 Å². The largest absolute Gasteiger partial charge is 1.00 e. The van der Waals surface area contributed by atoms with Gasteiger partial charge in [0.15, 0.2) is 5.44 Å². The first kappa shape index (κ1) is 12.5. The summed E-state index contributed by atoms with van der Waals surface area (Å²) >= 11 is 0. The van der Waals surface area contributed by atoms with Crippen LogP contribution in [-0.2, 0) is 10.1 Å². The van der Waals surface area contributed by atoms with E-state index in [1.807, 2.05) is 0 Å². The van der Waals surface area contributed by atoms with Crippen molar-refractivity contribution in [1.29, 1.82) is 0 Å². The smallest absolute Gasteiger partial charge is 1.00 e. The zero-order valence-corrected chi connectivity index (χ0v) is 7.80. The van der Waals surface area contributed by atoms with Crippen LogP contribution in [0, 0.1) is 0 Å². The standard InChI is InChI=1S/C2H7NO4S.Na.H/c3-1-2(4)8(5,6)7;;/h2,4H,1,3H2,(H,5,6,7);;/q;+1;-1. The molecule has 0 radical (unpaired) electrons. The summed E-state index contributed by atoms with van der Waals surface area (Å²) in [6.07, 6.45) is 0. The van der Waals surface area contributed by atoms with Crippen molar-refractivity contribution in [3.05, 3.63) is 0 Å². The van der Waals surface area contributed by atoms with Gasteiger partial charge in [0.1, 0.15) is 0 Å². The minimum absolute atomic E-state index is 0. The maximum absolute atomic E-state index is 9.79. The van der Waals surface area contributed by atoms with Gasteiger partial charge in [-0.25, -0.2) is 0 Å². The summed E-state index contributed by atoms with van der Waals surface area (Å²) < 4.78 is 27.5. The molecule has 0 amide bonds. The van der Waals surface area contributed by atoms with Gasteiger partial charge in [-0.1, -0.05) is 0 Å². The van der Waals surface area contributed by atoms with Crippen LogP contribution in [-0.4, -0.2) is 30.1 Å². The Hall–Kier alpha value is 0.830. The van der Waals surface area contributed by atoms with Crippen LogP contribution in [0.3, 0.4) is 0 Å². The second-order valence-electron chi connectivity index (χ2n) is 1.21. The Labute approximate surface area is 76.8 Å². The fourth-order valence-electron chi connectivity index (χ4n) is 0.122. The normalized spacial score (nSPS) is 14.1. The third-order valence-electron chi connectivity index (χ3n) is 0.545. The van der Waals surface area contributed by atoms with E-state index < -0.39 is 22.1 Å². The van der Waals surface area contributed by atoms with Gasteiger partial charge >= 0.3 is 29.6 Å². The van der Waals surface area contributed by atoms with Gasteiger partial charge in [-0.3, -0.25) is 4.55 Å². The van der Waals surface area contributed by atoms with Crippen LogP contribution in [0.25, 0.3) is 0 Å². The Balaban J connectivity index is -0.000000245. The minimum Gasteiger partial charge on any atom is -1.00 e. The fraction of sp³-hybridized carbons (Fsp3) is 1.00. The Morgan fingerprint density at radius 2 is 2.00 bits per heavy atom. The molecule has 0 heterocycles. The van der Waals surface area contributed by atoms with Gasteiger partial charge < -0.3 is 12.3 Å². The SMILES string of the molecule is NCC(O)S(=O)(=O)O.[H-].[Na+]. The summed E-state index contributed by atoms with van der Waals surface area (Å²) in [5.74, 6) is 0. The first-order valence-corrected chi connectivity index (χ1v) is 3.33. The number of nitrogens with two attached hydrogens (primary N) is 1. The molecule has 52 valence electrons. The maximum Gasteiger partial charge on any atom is 1.00 e. The molecule has 1 unspecified atom stereocenters. The third-order valence-corrected chi connectivity index (χ3v) is 1.43. The van der Waals surface area contributed by atoms with E-state index >= 15 is 0 Å². The molecular formula is C2H8NNaO4S. The molecule has 0 aliphatic carbocycles. The van der Waals surface area contributed by atoms with E-state index in [0.717, 1.165) is 0 Å². The molecule has 0 saturated carbocycles. The summed E-state index contributed by atoms with van der Waals surface area (Å²) in [6, 6.07) is 0. The number of aliphatic hydroxyl groups is 1. The first-order valence-electron chi connectivity index (χ1n) is 1.83. The molecule has 0 fully saturated rings. The second-order valence-corrected chi connectivity index (χ2v) is 2.78. The van der Waals surface area contributed by atoms with E-state index in [1.165, 1.54) is 0 Å². The number of hydrogen-bond acceptors (Lipinski definition) is 4. The van der Waals surface area contributed by atoms with Crippen LogP contribution < -0.4 is 35.3 Å². The van der Waals surface area contributed by atoms with Crippen molar-refractivity contribution in [1.82, 2.24) is 0 Å². The van der Waals surface area contributed by atoms with Crippen LogP contribution in [0.15, 0.2) is 0 Å². The van der Waals surface area contributed by atoms with Crippen LogP contribution in [0.4, 0.5) is 0 Å². The van der Waals surface area contributed by atoms with Crippen LogP contribution in [0.2, 0.25) is 0 Å². The molecule has 0 spiro atoms. The summed E-state index contributed by atoms with van der Waals surface area (Å²) in [7, 11) is -4.32. The van der Waals surface area contributed by atoms with Crippen molar-refractivity contribution in [2.45, 2.75) is 5.44 Å². The average Bonchev–Trinajstić information content (AvgIpc) is 1.62. The second kappa shape index (κ2) is 4.62. The van der Waals surface area contributed by atoms with E-state index in [-0.39, 0.29) is 31.0 Å². The Morgan fingerprint density at radius 1 is 1.67 bits per heavy atom. The van der Waals surface area contributed by atoms with E-state index in [4.69, 9.17) is 9.66 Å². The van der Waals surface area contributed by atoms with Gasteiger partial charge in [0.05, 0.1) is 0 Å². The van der Waals surface area contributed by atoms with Gasteiger partial charge in [-0.2, -0.15) is 8.42 Å². The Kier molecular flexibility index (Phi) is 6.41. The molecule has 0 aromatic carbocycles. The average molecular weight is 165 g/mol. The van der Waals surface area contributed by atoms with Crippen molar-refractivity contribution in [2.75, 3.05) is 6.54 Å². The van der Waals surface area contributed by atoms with Gasteiger partial charge in [-0.05, 0) is 0 Å². The number of hydrogen-bond donors (Lipinski definition) is 3. The fourth-order valence-corrected chi connectivity index (χ4v) is 0.365. The van der Waals surface area contributed by atoms with Crippen LogP contribution in [0.1, 0.15) is 1.43 Å². The molecule has 4 N–H and O–H groups in total. The molecule has 0 aromatic rings. The van der Waals surface area contributed by atoms with Crippen molar-refractivity contribution < 1.29 is 49.1 Å². The topological polar surface area (TPSA) is 101 Å². The summed E-state index contributed by atoms with van der Waals surface area (Å²) in [5.41, 5.74) is 2.82. The molecule has 0 bridgehead atoms. The molecular weight excluding hydrogens is 157 g/mol. The quantitative estimate of drug-likeness (QED) is 0.282. The first-order chi connectivity index (χ1) is 3.48. The Morgan fingerprint density at radius 3 is 2.00 bits per heavy atom. The third kappa shape index (κ3) is 5.28. The minimum atomic E-state index is -4.32. The number of aliphatic hydroxyl groups excluding tert-OH is 1. The summed E-state index contributed by atoms with van der Waals surface area (Å²) in [4.78, 5) is 0. The molecule has 5 nitrogen and oxygen atoms in total. The molecule has 7 heteroatoms. The van der Waals surface area contributed by atoms with Gasteiger partial charge in [0.25, 0.3) is 10.1 Å². The van der Waals surface area contributed by atoms with Crippen molar-refractivity contribution >= 4 is 10.1 Å². The zero-order valence-electron chi connectivity index (χ0n) is 5.98. The zero-order chi connectivity index (χ0) is 6.78. The molecule has 0 aliphatic rings. The van der Waals surface area contributed by atoms with E-state index in [1.54, 1.807) is 0 Å².